The van der Waals surface area contributed by atoms with Crippen molar-refractivity contribution in [3.8, 4) is 0 Å². The van der Waals surface area contributed by atoms with Crippen LogP contribution in [-0.4, -0.2) is 46.9 Å². The van der Waals surface area contributed by atoms with E-state index < -0.39 is 0 Å². The predicted octanol–water partition coefficient (Wildman–Crippen LogP) is 2.38. The molecule has 3 saturated heterocycles. The van der Waals surface area contributed by atoms with Crippen molar-refractivity contribution in [2.24, 2.45) is 11.7 Å². The summed E-state index contributed by atoms with van der Waals surface area (Å²) in [5, 5.41) is 0. The van der Waals surface area contributed by atoms with Crippen molar-refractivity contribution in [2.45, 2.75) is 63.2 Å². The number of hydrogen-bond acceptors (Lipinski definition) is 3. The fourth-order valence-corrected chi connectivity index (χ4v) is 5.03. The molecular formula is C20H29N3O. The Morgan fingerprint density at radius 2 is 1.79 bits per heavy atom. The molecule has 0 saturated carbocycles. The number of amides is 1. The van der Waals surface area contributed by atoms with Gasteiger partial charge in [0, 0.05) is 31.2 Å². The second kappa shape index (κ2) is 6.85. The largest absolute Gasteiger partial charge is 0.336 e. The van der Waals surface area contributed by atoms with E-state index in [1.54, 1.807) is 0 Å². The number of nitrogens with zero attached hydrogens (tertiary/aromatic N) is 2. The molecule has 2 bridgehead atoms. The molecule has 4 heteroatoms. The number of hydrogen-bond donors (Lipinski definition) is 1. The first-order valence-electron chi connectivity index (χ1n) is 9.55. The Balaban J connectivity index is 1.40. The van der Waals surface area contributed by atoms with Crippen molar-refractivity contribution in [2.75, 3.05) is 13.1 Å². The molecule has 1 aromatic carbocycles. The second-order valence-electron chi connectivity index (χ2n) is 7.92. The normalized spacial score (nSPS) is 33.6. The highest BCUT2D eigenvalue weighted by atomic mass is 16.2. The lowest BCUT2D eigenvalue weighted by atomic mass is 9.92. The van der Waals surface area contributed by atoms with Gasteiger partial charge in [0.2, 0.25) is 5.91 Å². The molecule has 1 aromatic rings. The van der Waals surface area contributed by atoms with E-state index in [1.807, 2.05) is 0 Å². The number of carbonyl (C=O) groups is 1. The van der Waals surface area contributed by atoms with Crippen molar-refractivity contribution in [1.82, 2.24) is 9.80 Å². The molecule has 3 aliphatic heterocycles. The highest BCUT2D eigenvalue weighted by Gasteiger charge is 2.44. The van der Waals surface area contributed by atoms with Crippen LogP contribution in [0.1, 0.15) is 44.1 Å². The summed E-state index contributed by atoms with van der Waals surface area (Å²) in [5.41, 5.74) is 7.50. The van der Waals surface area contributed by atoms with E-state index in [-0.39, 0.29) is 5.92 Å². The molecule has 0 aromatic heterocycles. The first kappa shape index (κ1) is 16.1. The first-order chi connectivity index (χ1) is 11.7. The summed E-state index contributed by atoms with van der Waals surface area (Å²) in [7, 11) is 0. The smallest absolute Gasteiger partial charge is 0.227 e. The van der Waals surface area contributed by atoms with E-state index in [1.165, 1.54) is 5.56 Å². The van der Waals surface area contributed by atoms with E-state index >= 15 is 0 Å². The van der Waals surface area contributed by atoms with Crippen LogP contribution >= 0.6 is 0 Å². The van der Waals surface area contributed by atoms with Gasteiger partial charge in [0.25, 0.3) is 0 Å². The quantitative estimate of drug-likeness (QED) is 0.927. The number of nitrogens with two attached hydrogens (primary N) is 1. The van der Waals surface area contributed by atoms with Crippen LogP contribution in [0.25, 0.3) is 0 Å². The Kier molecular flexibility index (Phi) is 4.59. The average Bonchev–Trinajstić information content (AvgIpc) is 2.87. The van der Waals surface area contributed by atoms with Crippen LogP contribution in [0.4, 0.5) is 0 Å². The number of likely N-dealkylation sites (tertiary alicyclic amines) is 1. The topological polar surface area (TPSA) is 49.6 Å². The minimum Gasteiger partial charge on any atom is -0.336 e. The highest BCUT2D eigenvalue weighted by Crippen LogP contribution is 2.37. The first-order valence-corrected chi connectivity index (χ1v) is 9.55. The van der Waals surface area contributed by atoms with Gasteiger partial charge in [-0.05, 0) is 50.6 Å². The zero-order valence-corrected chi connectivity index (χ0v) is 14.4. The second-order valence-corrected chi connectivity index (χ2v) is 7.92. The van der Waals surface area contributed by atoms with Gasteiger partial charge in [-0.15, -0.1) is 0 Å². The third-order valence-electron chi connectivity index (χ3n) is 6.13. The van der Waals surface area contributed by atoms with Crippen LogP contribution in [0.2, 0.25) is 0 Å². The van der Waals surface area contributed by atoms with Crippen LogP contribution in [0.15, 0.2) is 30.3 Å². The molecule has 24 heavy (non-hydrogen) atoms. The summed E-state index contributed by atoms with van der Waals surface area (Å²) in [4.78, 5) is 17.9. The summed E-state index contributed by atoms with van der Waals surface area (Å²) < 4.78 is 0. The molecule has 2 N–H and O–H groups in total. The lowest BCUT2D eigenvalue weighted by molar-refractivity contribution is -0.142. The van der Waals surface area contributed by atoms with Gasteiger partial charge in [-0.25, -0.2) is 0 Å². The van der Waals surface area contributed by atoms with E-state index in [9.17, 15) is 4.79 Å². The lowest BCUT2D eigenvalue weighted by Gasteiger charge is -2.41. The van der Waals surface area contributed by atoms with Crippen molar-refractivity contribution in [1.29, 1.82) is 0 Å². The Morgan fingerprint density at radius 3 is 2.50 bits per heavy atom. The van der Waals surface area contributed by atoms with Crippen LogP contribution in [-0.2, 0) is 11.3 Å². The number of benzene rings is 1. The van der Waals surface area contributed by atoms with E-state index in [4.69, 9.17) is 5.73 Å². The zero-order valence-electron chi connectivity index (χ0n) is 14.4. The van der Waals surface area contributed by atoms with Gasteiger partial charge < -0.3 is 10.6 Å². The van der Waals surface area contributed by atoms with Gasteiger partial charge in [-0.1, -0.05) is 30.3 Å². The lowest BCUT2D eigenvalue weighted by Crippen LogP contribution is -2.54. The molecule has 4 atom stereocenters. The van der Waals surface area contributed by atoms with Gasteiger partial charge >= 0.3 is 0 Å². The highest BCUT2D eigenvalue weighted by molar-refractivity contribution is 5.80. The van der Waals surface area contributed by atoms with Gasteiger partial charge in [-0.3, -0.25) is 9.69 Å². The molecular weight excluding hydrogens is 298 g/mol. The summed E-state index contributed by atoms with van der Waals surface area (Å²) in [6.07, 6.45) is 6.50. The molecule has 0 aliphatic carbocycles. The van der Waals surface area contributed by atoms with Gasteiger partial charge in [-0.2, -0.15) is 0 Å². The summed E-state index contributed by atoms with van der Waals surface area (Å²) in [5.74, 6) is 0.590. The van der Waals surface area contributed by atoms with Crippen molar-refractivity contribution < 1.29 is 4.79 Å². The number of rotatable bonds is 3. The molecule has 0 unspecified atom stereocenters. The van der Waals surface area contributed by atoms with Crippen LogP contribution in [0.3, 0.4) is 0 Å². The maximum absolute atomic E-state index is 13.2. The summed E-state index contributed by atoms with van der Waals surface area (Å²) in [6, 6.07) is 11.7. The zero-order chi connectivity index (χ0) is 16.5. The average molecular weight is 327 g/mol. The molecule has 4 rings (SSSR count). The molecule has 4 nitrogen and oxygen atoms in total. The predicted molar refractivity (Wildman–Crippen MR) is 95.3 cm³/mol. The van der Waals surface area contributed by atoms with Gasteiger partial charge in [0.1, 0.15) is 0 Å². The van der Waals surface area contributed by atoms with Crippen molar-refractivity contribution in [3.63, 3.8) is 0 Å². The number of fused-ring (bicyclic) bond motifs is 2. The SMILES string of the molecule is N[C@@H]1C[C@H]2CC[C@@H](C1)N2C(=O)[C@@H]1CCCN(Cc2ccccc2)C1. The third kappa shape index (κ3) is 3.22. The molecule has 130 valence electrons. The summed E-state index contributed by atoms with van der Waals surface area (Å²) >= 11 is 0. The van der Waals surface area contributed by atoms with E-state index in [2.05, 4.69) is 40.1 Å². The standard InChI is InChI=1S/C20H29N3O/c21-17-11-18-8-9-19(12-17)23(18)20(24)16-7-4-10-22(14-16)13-15-5-2-1-3-6-15/h1-3,5-6,16-19H,4,7-14,21H2/t16-,17-,18-,19+/m1/s1. The minimum absolute atomic E-state index is 0.180. The van der Waals surface area contributed by atoms with Gasteiger partial charge in [0.15, 0.2) is 0 Å². The Morgan fingerprint density at radius 1 is 1.08 bits per heavy atom. The van der Waals surface area contributed by atoms with Crippen LogP contribution < -0.4 is 5.73 Å². The molecule has 3 aliphatic rings. The Hall–Kier alpha value is -1.39. The Labute approximate surface area is 145 Å². The van der Waals surface area contributed by atoms with E-state index in [0.29, 0.717) is 24.0 Å². The fourth-order valence-electron chi connectivity index (χ4n) is 5.03. The monoisotopic (exact) mass is 327 g/mol. The van der Waals surface area contributed by atoms with E-state index in [0.717, 1.165) is 58.2 Å². The molecule has 0 spiro atoms. The number of piperidine rings is 2. The minimum atomic E-state index is 0.180. The molecule has 0 radical (unpaired) electrons. The Bertz CT molecular complexity index is 562. The third-order valence-corrected chi connectivity index (χ3v) is 6.13. The molecule has 1 amide bonds. The molecule has 3 fully saturated rings. The van der Waals surface area contributed by atoms with Gasteiger partial charge in [0.05, 0.1) is 5.92 Å². The maximum Gasteiger partial charge on any atom is 0.227 e. The maximum atomic E-state index is 13.2. The van der Waals surface area contributed by atoms with Crippen LogP contribution in [0.5, 0.6) is 0 Å². The van der Waals surface area contributed by atoms with Crippen molar-refractivity contribution in [3.05, 3.63) is 35.9 Å². The van der Waals surface area contributed by atoms with Crippen LogP contribution in [0, 0.1) is 5.92 Å². The number of carbonyl (C=O) groups excluding carboxylic acids is 1. The summed E-state index contributed by atoms with van der Waals surface area (Å²) in [6.45, 7) is 2.98. The van der Waals surface area contributed by atoms with Crippen molar-refractivity contribution >= 4 is 5.91 Å². The molecule has 3 heterocycles. The fraction of sp³-hybridized carbons (Fsp3) is 0.650.